The largest absolute Gasteiger partial charge is 0.476 e. The molecule has 162 valence electrons. The van der Waals surface area contributed by atoms with Crippen molar-refractivity contribution in [2.45, 2.75) is 75.7 Å². The van der Waals surface area contributed by atoms with Crippen LogP contribution in [0, 0.1) is 17.3 Å². The molecule has 1 aromatic rings. The lowest BCUT2D eigenvalue weighted by Gasteiger charge is -2.41. The van der Waals surface area contributed by atoms with Crippen molar-refractivity contribution >= 4 is 35.0 Å². The quantitative estimate of drug-likeness (QED) is 0.621. The molecular weight excluding hydrogens is 406 g/mol. The Balaban J connectivity index is 1.52. The molecule has 8 heteroatoms. The third-order valence-electron chi connectivity index (χ3n) is 6.62. The van der Waals surface area contributed by atoms with Gasteiger partial charge in [-0.2, -0.15) is 0 Å². The summed E-state index contributed by atoms with van der Waals surface area (Å²) in [4.78, 5) is 29.5. The van der Waals surface area contributed by atoms with E-state index in [4.69, 9.17) is 10.8 Å². The van der Waals surface area contributed by atoms with Crippen LogP contribution in [0.4, 0.5) is 0 Å². The molecule has 3 N–H and O–H groups in total. The van der Waals surface area contributed by atoms with Crippen molar-refractivity contribution in [1.82, 2.24) is 9.88 Å². The number of rotatable bonds is 7. The molecule has 2 aliphatic rings. The highest BCUT2D eigenvalue weighted by Gasteiger charge is 2.40. The van der Waals surface area contributed by atoms with E-state index in [2.05, 4.69) is 25.8 Å². The van der Waals surface area contributed by atoms with Crippen LogP contribution in [0.3, 0.4) is 0 Å². The Morgan fingerprint density at radius 2 is 2.03 bits per heavy atom. The van der Waals surface area contributed by atoms with Gasteiger partial charge in [0.15, 0.2) is 10.0 Å². The standard InChI is InChI=1S/C21H33N3O3S2/c1-21(2,3)14-6-4-13(5-7-14)18(22)16-8-9-17(25)24(16)10-11-28-20-23-15(12-29-20)19(26)27/h12-14,16,18H,4-11,22H2,1-3H3,(H,26,27)/t13?,14?,16-,18?/m1/s1. The number of likely N-dealkylation sites (tertiary alicyclic amines) is 1. The SMILES string of the molecule is CC(C)(C)C1CCC(C(N)[C@H]2CCC(=O)N2CCSc2nc(C(=O)O)cs2)CC1. The summed E-state index contributed by atoms with van der Waals surface area (Å²) in [6.07, 6.45) is 6.22. The number of hydrogen-bond acceptors (Lipinski definition) is 6. The van der Waals surface area contributed by atoms with Crippen LogP contribution in [0.1, 0.15) is 69.8 Å². The fraction of sp³-hybridized carbons (Fsp3) is 0.762. The Morgan fingerprint density at radius 3 is 2.62 bits per heavy atom. The maximum atomic E-state index is 12.5. The third-order valence-corrected chi connectivity index (χ3v) is 8.62. The molecule has 29 heavy (non-hydrogen) atoms. The van der Waals surface area contributed by atoms with Gasteiger partial charge in [-0.3, -0.25) is 4.79 Å². The summed E-state index contributed by atoms with van der Waals surface area (Å²) in [7, 11) is 0. The highest BCUT2D eigenvalue weighted by atomic mass is 32.2. The Morgan fingerprint density at radius 1 is 1.34 bits per heavy atom. The zero-order valence-corrected chi connectivity index (χ0v) is 19.2. The molecule has 1 amide bonds. The van der Waals surface area contributed by atoms with E-state index in [0.717, 1.165) is 29.5 Å². The lowest BCUT2D eigenvalue weighted by Crippen LogP contribution is -2.51. The summed E-state index contributed by atoms with van der Waals surface area (Å²) in [6.45, 7) is 7.62. The number of nitrogens with zero attached hydrogens (tertiary/aromatic N) is 2. The van der Waals surface area contributed by atoms with Crippen LogP contribution in [0.15, 0.2) is 9.72 Å². The smallest absolute Gasteiger partial charge is 0.355 e. The summed E-state index contributed by atoms with van der Waals surface area (Å²) < 4.78 is 0.732. The fourth-order valence-corrected chi connectivity index (χ4v) is 6.59. The molecule has 1 saturated carbocycles. The maximum absolute atomic E-state index is 12.5. The molecule has 2 fully saturated rings. The number of carboxylic acid groups (broad SMARTS) is 1. The predicted molar refractivity (Wildman–Crippen MR) is 117 cm³/mol. The van der Waals surface area contributed by atoms with Crippen molar-refractivity contribution in [3.05, 3.63) is 11.1 Å². The minimum absolute atomic E-state index is 0.0471. The second-order valence-corrected chi connectivity index (χ2v) is 11.6. The van der Waals surface area contributed by atoms with E-state index in [0.29, 0.717) is 30.1 Å². The van der Waals surface area contributed by atoms with E-state index in [1.807, 2.05) is 4.90 Å². The highest BCUT2D eigenvalue weighted by Crippen LogP contribution is 2.41. The molecule has 0 bridgehead atoms. The molecule has 1 aromatic heterocycles. The maximum Gasteiger partial charge on any atom is 0.355 e. The molecule has 0 radical (unpaired) electrons. The molecule has 2 heterocycles. The zero-order chi connectivity index (χ0) is 21.2. The number of thioether (sulfide) groups is 1. The summed E-state index contributed by atoms with van der Waals surface area (Å²) in [5.41, 5.74) is 7.15. The van der Waals surface area contributed by atoms with E-state index in [1.54, 1.807) is 5.38 Å². The van der Waals surface area contributed by atoms with Crippen molar-refractivity contribution < 1.29 is 14.7 Å². The van der Waals surface area contributed by atoms with Crippen molar-refractivity contribution in [2.75, 3.05) is 12.3 Å². The number of carbonyl (C=O) groups excluding carboxylic acids is 1. The van der Waals surface area contributed by atoms with Gasteiger partial charge in [0.2, 0.25) is 5.91 Å². The van der Waals surface area contributed by atoms with Crippen LogP contribution in [-0.4, -0.2) is 51.2 Å². The lowest BCUT2D eigenvalue weighted by atomic mass is 9.68. The Labute approximate surface area is 181 Å². The van der Waals surface area contributed by atoms with Gasteiger partial charge in [-0.1, -0.05) is 32.5 Å². The first-order chi connectivity index (χ1) is 13.7. The van der Waals surface area contributed by atoms with Gasteiger partial charge in [-0.25, -0.2) is 9.78 Å². The van der Waals surface area contributed by atoms with E-state index >= 15 is 0 Å². The van der Waals surface area contributed by atoms with E-state index in [-0.39, 0.29) is 23.7 Å². The van der Waals surface area contributed by atoms with Crippen LogP contribution in [0.5, 0.6) is 0 Å². The number of hydrogen-bond donors (Lipinski definition) is 2. The van der Waals surface area contributed by atoms with E-state index < -0.39 is 5.97 Å². The number of carboxylic acids is 1. The third kappa shape index (κ3) is 5.52. The van der Waals surface area contributed by atoms with Crippen molar-refractivity contribution in [2.24, 2.45) is 23.0 Å². The van der Waals surface area contributed by atoms with Crippen LogP contribution in [0.2, 0.25) is 0 Å². The molecule has 2 atom stereocenters. The van der Waals surface area contributed by atoms with Gasteiger partial charge in [0.1, 0.15) is 0 Å². The number of amides is 1. The number of thiazole rings is 1. The Bertz CT molecular complexity index is 723. The molecule has 1 saturated heterocycles. The average Bonchev–Trinajstić information content (AvgIpc) is 3.28. The highest BCUT2D eigenvalue weighted by molar-refractivity contribution is 8.01. The molecule has 6 nitrogen and oxygen atoms in total. The second kappa shape index (κ2) is 9.35. The van der Waals surface area contributed by atoms with Gasteiger partial charge in [0, 0.05) is 36.2 Å². The van der Waals surface area contributed by atoms with Gasteiger partial charge in [-0.05, 0) is 49.4 Å². The molecular formula is C21H33N3O3S2. The topological polar surface area (TPSA) is 96.5 Å². The number of aromatic nitrogens is 1. The van der Waals surface area contributed by atoms with Gasteiger partial charge >= 0.3 is 5.97 Å². The summed E-state index contributed by atoms with van der Waals surface area (Å²) in [6, 6.07) is 0.177. The van der Waals surface area contributed by atoms with E-state index in [9.17, 15) is 9.59 Å². The van der Waals surface area contributed by atoms with E-state index in [1.165, 1.54) is 35.9 Å². The summed E-state index contributed by atoms with van der Waals surface area (Å²) >= 11 is 2.85. The average molecular weight is 440 g/mol. The minimum Gasteiger partial charge on any atom is -0.476 e. The van der Waals surface area contributed by atoms with Gasteiger partial charge < -0.3 is 15.7 Å². The first kappa shape index (κ1) is 22.6. The lowest BCUT2D eigenvalue weighted by molar-refractivity contribution is -0.129. The first-order valence-corrected chi connectivity index (χ1v) is 12.4. The van der Waals surface area contributed by atoms with Crippen molar-refractivity contribution in [3.63, 3.8) is 0 Å². The zero-order valence-electron chi connectivity index (χ0n) is 17.6. The van der Waals surface area contributed by atoms with Gasteiger partial charge in [-0.15, -0.1) is 11.3 Å². The first-order valence-electron chi connectivity index (χ1n) is 10.5. The monoisotopic (exact) mass is 439 g/mol. The summed E-state index contributed by atoms with van der Waals surface area (Å²) in [5.74, 6) is 1.15. The molecule has 1 unspecified atom stereocenters. The minimum atomic E-state index is -1.00. The van der Waals surface area contributed by atoms with Crippen LogP contribution < -0.4 is 5.73 Å². The van der Waals surface area contributed by atoms with Crippen LogP contribution in [-0.2, 0) is 4.79 Å². The van der Waals surface area contributed by atoms with Crippen LogP contribution in [0.25, 0.3) is 0 Å². The Hall–Kier alpha value is -1.12. The number of nitrogens with two attached hydrogens (primary N) is 1. The van der Waals surface area contributed by atoms with Crippen molar-refractivity contribution in [3.8, 4) is 0 Å². The van der Waals surface area contributed by atoms with Gasteiger partial charge in [0.25, 0.3) is 0 Å². The molecule has 0 aromatic carbocycles. The number of aromatic carboxylic acids is 1. The predicted octanol–water partition coefficient (Wildman–Crippen LogP) is 4.10. The molecule has 3 rings (SSSR count). The van der Waals surface area contributed by atoms with Crippen molar-refractivity contribution in [1.29, 1.82) is 0 Å². The van der Waals surface area contributed by atoms with Gasteiger partial charge in [0.05, 0.1) is 0 Å². The Kier molecular flexibility index (Phi) is 7.27. The second-order valence-electron chi connectivity index (χ2n) is 9.40. The number of carbonyl (C=O) groups is 2. The summed E-state index contributed by atoms with van der Waals surface area (Å²) in [5, 5.41) is 10.5. The normalized spacial score (nSPS) is 26.7. The fourth-order valence-electron chi connectivity index (χ4n) is 4.78. The molecule has 1 aliphatic carbocycles. The molecule has 0 spiro atoms. The molecule has 1 aliphatic heterocycles. The van der Waals surface area contributed by atoms with Crippen LogP contribution >= 0.6 is 23.1 Å².